The highest BCUT2D eigenvalue weighted by molar-refractivity contribution is 7.87. The highest BCUT2D eigenvalue weighted by Crippen LogP contribution is 2.53. The first-order valence-electron chi connectivity index (χ1n) is 46.4. The molecule has 0 saturated carbocycles. The second-order valence-corrected chi connectivity index (χ2v) is 38.0. The number of hydrogen-bond acceptors (Lipinski definition) is 15. The number of halogens is 3. The third kappa shape index (κ3) is 27.1. The Hall–Kier alpha value is -14.3. The van der Waals surface area contributed by atoms with Gasteiger partial charge < -0.3 is 63.0 Å². The maximum absolute atomic E-state index is 13.0. The molecular weight excluding hydrogens is 1770 g/mol. The lowest BCUT2D eigenvalue weighted by Gasteiger charge is -2.47. The van der Waals surface area contributed by atoms with Gasteiger partial charge in [0.05, 0.1) is 5.56 Å². The molecule has 6 fully saturated rings. The molecule has 9 aliphatic heterocycles. The van der Waals surface area contributed by atoms with Crippen LogP contribution in [0.3, 0.4) is 0 Å². The fourth-order valence-electron chi connectivity index (χ4n) is 18.6. The lowest BCUT2D eigenvalue weighted by molar-refractivity contribution is -0.140. The van der Waals surface area contributed by atoms with E-state index in [9.17, 15) is 45.6 Å². The summed E-state index contributed by atoms with van der Waals surface area (Å²) in [5, 5.41) is 21.6. The van der Waals surface area contributed by atoms with E-state index in [2.05, 4.69) is 198 Å². The van der Waals surface area contributed by atoms with Gasteiger partial charge in [0, 0.05) is 172 Å². The zero-order valence-electron chi connectivity index (χ0n) is 80.1. The summed E-state index contributed by atoms with van der Waals surface area (Å²) in [7, 11) is -7.33. The van der Waals surface area contributed by atoms with Gasteiger partial charge in [0.15, 0.2) is 5.76 Å². The van der Waals surface area contributed by atoms with Crippen LogP contribution in [-0.2, 0) is 23.8 Å². The Balaban J connectivity index is 0.000000169. The number of para-hydroxylation sites is 3. The molecule has 3 spiro atoms. The van der Waals surface area contributed by atoms with E-state index in [-0.39, 0.29) is 76.2 Å². The summed E-state index contributed by atoms with van der Waals surface area (Å²) in [6.45, 7) is 34.4. The van der Waals surface area contributed by atoms with Crippen LogP contribution in [0.4, 0.5) is 18.0 Å². The summed E-state index contributed by atoms with van der Waals surface area (Å²) in [6.07, 6.45) is 16.3. The van der Waals surface area contributed by atoms with E-state index in [0.717, 1.165) is 109 Å². The van der Waals surface area contributed by atoms with E-state index in [1.165, 1.54) is 30.6 Å². The number of fused-ring (bicyclic) bond motifs is 9. The maximum Gasteiger partial charge on any atom is 0.534 e. The minimum Gasteiger partial charge on any atom is -0.482 e. The number of piperidine rings is 3. The van der Waals surface area contributed by atoms with Gasteiger partial charge in [0.2, 0.25) is 5.91 Å². The van der Waals surface area contributed by atoms with Gasteiger partial charge in [-0.15, -0.1) is 0 Å². The highest BCUT2D eigenvalue weighted by Gasteiger charge is 2.56. The molecule has 9 heterocycles. The SMILES string of the molecule is C=C=C=C=C=C=C=C=C=C=C=C=C=C=C=C=C=C=C=C=C=C=C.CC(C)(C)CC(=O)N1C2CCC1CC1(C=C(OS(=O)(=O)C(F)(F)F)c3ccccc3O1)C2.CCN(CC)C(=O)c1ccc(B(O)O)cc1.CCN(CC)C(=O)c1ccc(C2=CC3(CC4CCC(C3)N4)Oc3ccccc32)cc1.CCN(CC)C(=O)c1ccc(C2=CC3(CC4CCC(C3)N4C(=O)OC(C)(C)C)Oc3ccccc32)cc1. The van der Waals surface area contributed by atoms with Gasteiger partial charge in [-0.25, -0.2) is 4.79 Å². The van der Waals surface area contributed by atoms with Crippen molar-refractivity contribution in [3.8, 4) is 17.2 Å². The zero-order valence-corrected chi connectivity index (χ0v) is 80.9. The Kier molecular flexibility index (Phi) is 35.5. The van der Waals surface area contributed by atoms with E-state index in [1.54, 1.807) is 47.4 Å². The molecule has 0 radical (unpaired) electrons. The second kappa shape index (κ2) is 47.0. The molecule has 6 atom stereocenters. The van der Waals surface area contributed by atoms with Crippen LogP contribution < -0.4 is 25.0 Å². The van der Waals surface area contributed by atoms with Crippen LogP contribution in [-0.4, -0.2) is 183 Å². The molecule has 0 aliphatic carbocycles. The summed E-state index contributed by atoms with van der Waals surface area (Å²) in [5.74, 6) is 1.88. The van der Waals surface area contributed by atoms with Crippen molar-refractivity contribution in [3.63, 3.8) is 0 Å². The van der Waals surface area contributed by atoms with Crippen LogP contribution in [0.1, 0.15) is 225 Å². The minimum atomic E-state index is -5.84. The standard InChI is InChI=1S/C31H38N2O4.C26H30N2O2.C23H4.C22H26F3NO5S.C11H16BNO3/c1-6-32(7-2)28(34)22-14-12-21(13-15-22)26-20-31(36-27-11-9-8-10-25(26)27)18-23-16-17-24(19-31)33(23)29(35)37-30(3,4)5;1-3-28(4-2)25(29)19-11-9-18(10-12-19)23-17-26(15-20-13-14-21(16-26)27-20)30-24-8-6-5-7-22(23)24;1-3-5-7-9-11-13-15-17-19-21-23-22-20-18-16-14-12-10-8-6-4-2;1-20(2,3)13-19(27)26-14-8-9-15(26)11-21(10-14)12-18(31-32(28,29)22(23,24)25)16-6-4-5-7-17(16)30-21;1-3-13(4-2)11(14)9-5-7-10(8-6-9)12(15)16/h8-15,20,23-24H,6-7,16-19H2,1-5H3;5-12,17,20-21,27H,3-4,13-16H2,1-2H3;1-2H2;4-7,12,14-15H,8-11,13H2,1-3H3;5-8,15-16H,3-4H2,1-2H3. The number of carbonyl (C=O) groups is 5. The number of amides is 5. The molecule has 0 aromatic heterocycles. The van der Waals surface area contributed by atoms with Gasteiger partial charge in [-0.05, 0) is 312 Å². The first kappa shape index (κ1) is 104. The average Bonchev–Trinajstić information content (AvgIpc) is 1.47. The Labute approximate surface area is 807 Å². The van der Waals surface area contributed by atoms with Crippen molar-refractivity contribution < 1.29 is 78.7 Å². The van der Waals surface area contributed by atoms with Gasteiger partial charge in [0.25, 0.3) is 17.7 Å². The van der Waals surface area contributed by atoms with Crippen molar-refractivity contribution in [1.82, 2.24) is 29.8 Å². The van der Waals surface area contributed by atoms with Gasteiger partial charge in [0.1, 0.15) is 39.7 Å². The molecule has 6 bridgehead atoms. The number of alkyl halides is 3. The fraction of sp³-hybridized carbons (Fsp3) is 0.381. The third-order valence-electron chi connectivity index (χ3n) is 24.6. The fourth-order valence-corrected chi connectivity index (χ4v) is 19.1. The molecule has 5 amide bonds. The van der Waals surface area contributed by atoms with Crippen LogP contribution in [0.25, 0.3) is 16.9 Å². The molecule has 3 N–H and O–H groups in total. The van der Waals surface area contributed by atoms with E-state index in [4.69, 9.17) is 29.0 Å². The van der Waals surface area contributed by atoms with Crippen molar-refractivity contribution in [2.45, 2.75) is 231 Å². The topological polar surface area (TPSA) is 234 Å². The maximum atomic E-state index is 13.0. The highest BCUT2D eigenvalue weighted by atomic mass is 32.2. The van der Waals surface area contributed by atoms with Crippen molar-refractivity contribution in [2.24, 2.45) is 5.41 Å². The molecule has 20 nitrogen and oxygen atoms in total. The van der Waals surface area contributed by atoms with E-state index < -0.39 is 45.3 Å². The number of hydrogen-bond donors (Lipinski definition) is 3. The third-order valence-corrected chi connectivity index (χ3v) is 25.6. The van der Waals surface area contributed by atoms with E-state index >= 15 is 0 Å². The van der Waals surface area contributed by atoms with Crippen LogP contribution in [0, 0.1) is 5.41 Å². The van der Waals surface area contributed by atoms with Gasteiger partial charge in [-0.2, -0.15) is 21.6 Å². The normalized spacial score (nSPS) is 20.5. The smallest absolute Gasteiger partial charge is 0.482 e. The summed E-state index contributed by atoms with van der Waals surface area (Å²) in [6, 6.07) is 46.1. The Morgan fingerprint density at radius 1 is 0.442 bits per heavy atom. The second-order valence-electron chi connectivity index (χ2n) is 36.5. The van der Waals surface area contributed by atoms with Crippen LogP contribution >= 0.6 is 0 Å². The Bertz CT molecular complexity index is 6530. The van der Waals surface area contributed by atoms with Gasteiger partial charge >= 0.3 is 28.8 Å². The number of ether oxygens (including phenoxy) is 4. The van der Waals surface area contributed by atoms with E-state index in [0.29, 0.717) is 74.1 Å². The summed E-state index contributed by atoms with van der Waals surface area (Å²) >= 11 is 0. The van der Waals surface area contributed by atoms with Crippen LogP contribution in [0.2, 0.25) is 0 Å². The van der Waals surface area contributed by atoms with Gasteiger partial charge in [-0.1, -0.05) is 117 Å². The number of rotatable bonds is 15. The predicted molar refractivity (Wildman–Crippen MR) is 524 cm³/mol. The predicted octanol–water partition coefficient (Wildman–Crippen LogP) is 19.5. The molecular formula is C113H114BF3N6O14S. The molecule has 6 saturated heterocycles. The Morgan fingerprint density at radius 2 is 0.754 bits per heavy atom. The zero-order chi connectivity index (χ0) is 99.6. The van der Waals surface area contributed by atoms with E-state index in [1.807, 2.05) is 157 Å². The summed E-state index contributed by atoms with van der Waals surface area (Å²) in [5.41, 5.74) is 53.2. The monoisotopic (exact) mass is 1880 g/mol. The van der Waals surface area contributed by atoms with Crippen LogP contribution in [0.15, 0.2) is 297 Å². The quantitative estimate of drug-likeness (QED) is 0.0375. The molecule has 6 aromatic carbocycles. The molecule has 138 heavy (non-hydrogen) atoms. The summed E-state index contributed by atoms with van der Waals surface area (Å²) < 4.78 is 92.4. The largest absolute Gasteiger partial charge is 0.534 e. The van der Waals surface area contributed by atoms with Crippen molar-refractivity contribution in [2.75, 3.05) is 39.3 Å². The van der Waals surface area contributed by atoms with Crippen molar-refractivity contribution >= 4 is 69.3 Å². The first-order valence-corrected chi connectivity index (χ1v) is 47.8. The molecule has 9 aliphatic rings. The molecule has 15 rings (SSSR count). The first-order chi connectivity index (χ1) is 65.9. The number of nitrogens with one attached hydrogen (secondary N) is 1. The van der Waals surface area contributed by atoms with Crippen LogP contribution in [0.5, 0.6) is 17.2 Å². The van der Waals surface area contributed by atoms with Crippen molar-refractivity contribution in [1.29, 1.82) is 0 Å². The number of nitrogens with zero attached hydrogens (tertiary/aromatic N) is 5. The number of carbonyl (C=O) groups excluding carboxylic acids is 5. The van der Waals surface area contributed by atoms with Gasteiger partial charge in [-0.3, -0.25) is 19.2 Å². The molecule has 710 valence electrons. The molecule has 6 aromatic rings. The number of benzene rings is 6. The lowest BCUT2D eigenvalue weighted by atomic mass is 9.80. The average molecular weight is 1880 g/mol. The summed E-state index contributed by atoms with van der Waals surface area (Å²) in [4.78, 5) is 72.7. The minimum absolute atomic E-state index is 0.0380. The molecule has 25 heteroatoms. The molecule has 6 unspecified atom stereocenters. The lowest BCUT2D eigenvalue weighted by Crippen LogP contribution is -2.56. The van der Waals surface area contributed by atoms with Crippen molar-refractivity contribution in [3.05, 3.63) is 342 Å². The Morgan fingerprint density at radius 3 is 1.08 bits per heavy atom.